The molecule has 0 spiro atoms. The summed E-state index contributed by atoms with van der Waals surface area (Å²) < 4.78 is 0. The number of H-pyrrole nitrogens is 2. The molecule has 0 radical (unpaired) electrons. The first-order valence-electron chi connectivity index (χ1n) is 2.89. The van der Waals surface area contributed by atoms with Crippen LogP contribution in [0.1, 0.15) is 0 Å². The van der Waals surface area contributed by atoms with Crippen LogP contribution in [0.3, 0.4) is 0 Å². The lowest BCUT2D eigenvalue weighted by molar-refractivity contribution is 1.01. The van der Waals surface area contributed by atoms with E-state index < -0.39 is 0 Å². The van der Waals surface area contributed by atoms with Gasteiger partial charge >= 0.3 is 0 Å². The van der Waals surface area contributed by atoms with Gasteiger partial charge in [-0.3, -0.25) is 4.79 Å². The number of hydrogen-bond donors (Lipinski definition) is 2. The predicted octanol–water partition coefficient (Wildman–Crippen LogP) is 0.251. The second-order valence-electron chi connectivity index (χ2n) is 2.01. The minimum Gasteiger partial charge on any atom is -0.357 e. The Hall–Kier alpha value is -1.58. The molecule has 0 aliphatic heterocycles. The topological polar surface area (TPSA) is 61.5 Å². The molecular formula is C6H5N3O. The average Bonchev–Trinajstić information content (AvgIpc) is 2.36. The Morgan fingerprint density at radius 1 is 1.50 bits per heavy atom. The Bertz CT molecular complexity index is 400. The van der Waals surface area contributed by atoms with Crippen LogP contribution in [-0.2, 0) is 0 Å². The molecule has 0 aliphatic rings. The number of nitrogens with one attached hydrogen (secondary N) is 2. The minimum absolute atomic E-state index is 0.178. The first-order chi connectivity index (χ1) is 4.88. The van der Waals surface area contributed by atoms with E-state index in [0.29, 0.717) is 5.52 Å². The monoisotopic (exact) mass is 135 g/mol. The molecule has 0 unspecified atom stereocenters. The molecule has 2 aromatic heterocycles. The van der Waals surface area contributed by atoms with E-state index in [1.807, 2.05) is 0 Å². The van der Waals surface area contributed by atoms with Gasteiger partial charge in [0.05, 0.1) is 6.20 Å². The van der Waals surface area contributed by atoms with Crippen molar-refractivity contribution in [3.8, 4) is 0 Å². The van der Waals surface area contributed by atoms with Crippen LogP contribution in [0.15, 0.2) is 23.3 Å². The second-order valence-corrected chi connectivity index (χ2v) is 2.01. The summed E-state index contributed by atoms with van der Waals surface area (Å²) in [7, 11) is 0. The van der Waals surface area contributed by atoms with Gasteiger partial charge in [-0.25, -0.2) is 5.10 Å². The van der Waals surface area contributed by atoms with Crippen molar-refractivity contribution in [2.24, 2.45) is 0 Å². The molecule has 10 heavy (non-hydrogen) atoms. The maximum atomic E-state index is 10.9. The standard InChI is InChI=1S/C6H5N3O/c10-6-5-4(1-2-7-5)3-8-9-6/h1-3,7H,(H,9,10). The Kier molecular flexibility index (Phi) is 0.887. The molecule has 50 valence electrons. The third kappa shape index (κ3) is 0.556. The van der Waals surface area contributed by atoms with Crippen molar-refractivity contribution in [1.82, 2.24) is 15.2 Å². The van der Waals surface area contributed by atoms with Gasteiger partial charge < -0.3 is 4.98 Å². The second kappa shape index (κ2) is 1.70. The molecule has 0 aromatic carbocycles. The fourth-order valence-corrected chi connectivity index (χ4v) is 0.902. The van der Waals surface area contributed by atoms with Crippen LogP contribution in [-0.4, -0.2) is 15.2 Å². The van der Waals surface area contributed by atoms with E-state index >= 15 is 0 Å². The van der Waals surface area contributed by atoms with Crippen LogP contribution in [0, 0.1) is 0 Å². The van der Waals surface area contributed by atoms with Crippen molar-refractivity contribution in [1.29, 1.82) is 0 Å². The lowest BCUT2D eigenvalue weighted by Gasteiger charge is -1.83. The lowest BCUT2D eigenvalue weighted by Crippen LogP contribution is -2.06. The van der Waals surface area contributed by atoms with Crippen molar-refractivity contribution in [3.63, 3.8) is 0 Å². The Morgan fingerprint density at radius 3 is 3.20 bits per heavy atom. The molecule has 0 fully saturated rings. The van der Waals surface area contributed by atoms with Gasteiger partial charge in [0.2, 0.25) is 0 Å². The number of fused-ring (bicyclic) bond motifs is 1. The molecule has 2 aromatic rings. The number of aromatic amines is 2. The minimum atomic E-state index is -0.178. The van der Waals surface area contributed by atoms with Crippen molar-refractivity contribution in [2.45, 2.75) is 0 Å². The molecule has 0 amide bonds. The third-order valence-corrected chi connectivity index (χ3v) is 1.38. The van der Waals surface area contributed by atoms with E-state index in [1.54, 1.807) is 18.5 Å². The van der Waals surface area contributed by atoms with E-state index in [2.05, 4.69) is 15.2 Å². The van der Waals surface area contributed by atoms with Gasteiger partial charge in [-0.05, 0) is 6.07 Å². The van der Waals surface area contributed by atoms with Gasteiger partial charge in [-0.15, -0.1) is 0 Å². The summed E-state index contributed by atoms with van der Waals surface area (Å²) in [4.78, 5) is 13.7. The van der Waals surface area contributed by atoms with Crippen LogP contribution in [0.5, 0.6) is 0 Å². The number of rotatable bonds is 0. The van der Waals surface area contributed by atoms with Gasteiger partial charge in [0.1, 0.15) is 5.52 Å². The summed E-state index contributed by atoms with van der Waals surface area (Å²) >= 11 is 0. The largest absolute Gasteiger partial charge is 0.357 e. The quantitative estimate of drug-likeness (QED) is 0.544. The summed E-state index contributed by atoms with van der Waals surface area (Å²) in [6, 6.07) is 1.80. The summed E-state index contributed by atoms with van der Waals surface area (Å²) in [6.07, 6.45) is 3.31. The van der Waals surface area contributed by atoms with E-state index in [9.17, 15) is 4.79 Å². The zero-order chi connectivity index (χ0) is 6.97. The first-order valence-corrected chi connectivity index (χ1v) is 2.89. The maximum absolute atomic E-state index is 10.9. The van der Waals surface area contributed by atoms with Crippen molar-refractivity contribution < 1.29 is 0 Å². The first kappa shape index (κ1) is 5.22. The van der Waals surface area contributed by atoms with Crippen LogP contribution in [0.25, 0.3) is 10.9 Å². The van der Waals surface area contributed by atoms with Crippen LogP contribution < -0.4 is 5.56 Å². The highest BCUT2D eigenvalue weighted by Gasteiger charge is 1.95. The molecule has 0 aliphatic carbocycles. The highest BCUT2D eigenvalue weighted by Crippen LogP contribution is 2.01. The highest BCUT2D eigenvalue weighted by molar-refractivity contribution is 5.76. The maximum Gasteiger partial charge on any atom is 0.288 e. The van der Waals surface area contributed by atoms with Crippen LogP contribution in [0.4, 0.5) is 0 Å². The van der Waals surface area contributed by atoms with Gasteiger partial charge in [0.25, 0.3) is 5.56 Å². The number of hydrogen-bond acceptors (Lipinski definition) is 2. The molecule has 0 saturated carbocycles. The van der Waals surface area contributed by atoms with E-state index in [0.717, 1.165) is 5.39 Å². The van der Waals surface area contributed by atoms with Crippen molar-refractivity contribution >= 4 is 10.9 Å². The Balaban J connectivity index is 3.09. The predicted molar refractivity (Wildman–Crippen MR) is 36.7 cm³/mol. The van der Waals surface area contributed by atoms with E-state index in [4.69, 9.17) is 0 Å². The summed E-state index contributed by atoms with van der Waals surface area (Å²) in [6.45, 7) is 0. The molecule has 0 atom stereocenters. The van der Waals surface area contributed by atoms with E-state index in [-0.39, 0.29) is 5.56 Å². The number of nitrogens with zero attached hydrogens (tertiary/aromatic N) is 1. The molecule has 2 N–H and O–H groups in total. The molecule has 0 saturated heterocycles. The normalized spacial score (nSPS) is 10.4. The third-order valence-electron chi connectivity index (χ3n) is 1.38. The summed E-state index contributed by atoms with van der Waals surface area (Å²) in [5.74, 6) is 0. The zero-order valence-corrected chi connectivity index (χ0v) is 5.09. The lowest BCUT2D eigenvalue weighted by atomic mass is 10.4. The van der Waals surface area contributed by atoms with Gasteiger partial charge in [0.15, 0.2) is 0 Å². The summed E-state index contributed by atoms with van der Waals surface area (Å²) in [5.41, 5.74) is 0.400. The van der Waals surface area contributed by atoms with Crippen LogP contribution in [0.2, 0.25) is 0 Å². The number of aromatic nitrogens is 3. The molecule has 0 bridgehead atoms. The van der Waals surface area contributed by atoms with Gasteiger partial charge in [0, 0.05) is 11.6 Å². The zero-order valence-electron chi connectivity index (χ0n) is 5.09. The summed E-state index contributed by atoms with van der Waals surface area (Å²) in [5, 5.41) is 6.79. The van der Waals surface area contributed by atoms with E-state index in [1.165, 1.54) is 0 Å². The SMILES string of the molecule is O=c1[nH]ncc2cc[nH]c12. The molecule has 4 nitrogen and oxygen atoms in total. The molecule has 2 rings (SSSR count). The highest BCUT2D eigenvalue weighted by atomic mass is 16.1. The van der Waals surface area contributed by atoms with Gasteiger partial charge in [-0.2, -0.15) is 5.10 Å². The molecular weight excluding hydrogens is 130 g/mol. The fourth-order valence-electron chi connectivity index (χ4n) is 0.902. The van der Waals surface area contributed by atoms with Gasteiger partial charge in [-0.1, -0.05) is 0 Å². The Morgan fingerprint density at radius 2 is 2.40 bits per heavy atom. The van der Waals surface area contributed by atoms with Crippen LogP contribution >= 0.6 is 0 Å². The van der Waals surface area contributed by atoms with Crippen molar-refractivity contribution in [3.05, 3.63) is 28.8 Å². The molecule has 4 heteroatoms. The fraction of sp³-hybridized carbons (Fsp3) is 0. The molecule has 2 heterocycles. The average molecular weight is 135 g/mol. The van der Waals surface area contributed by atoms with Crippen molar-refractivity contribution in [2.75, 3.05) is 0 Å². The smallest absolute Gasteiger partial charge is 0.288 e. The Labute approximate surface area is 55.9 Å².